The predicted octanol–water partition coefficient (Wildman–Crippen LogP) is 3.24. The van der Waals surface area contributed by atoms with Gasteiger partial charge in [-0.2, -0.15) is 0 Å². The molecule has 0 bridgehead atoms. The Morgan fingerprint density at radius 3 is 2.77 bits per heavy atom. The number of pyridine rings is 2. The van der Waals surface area contributed by atoms with Crippen molar-refractivity contribution in [2.75, 3.05) is 5.75 Å². The second kappa shape index (κ2) is 9.02. The van der Waals surface area contributed by atoms with Crippen LogP contribution in [0.15, 0.2) is 23.1 Å². The van der Waals surface area contributed by atoms with Gasteiger partial charge >= 0.3 is 6.03 Å². The Hall–Kier alpha value is -2.35. The smallest absolute Gasteiger partial charge is 0.321 e. The molecule has 4 unspecified atom stereocenters. The van der Waals surface area contributed by atoms with Gasteiger partial charge in [0.25, 0.3) is 5.56 Å². The van der Waals surface area contributed by atoms with E-state index >= 15 is 0 Å². The zero-order valence-corrected chi connectivity index (χ0v) is 19.1. The molecule has 4 rings (SSSR count). The van der Waals surface area contributed by atoms with E-state index in [1.165, 1.54) is 0 Å². The van der Waals surface area contributed by atoms with Gasteiger partial charge in [-0.05, 0) is 68.7 Å². The summed E-state index contributed by atoms with van der Waals surface area (Å²) in [6, 6.07) is 3.40. The lowest BCUT2D eigenvalue weighted by Gasteiger charge is -2.35. The summed E-state index contributed by atoms with van der Waals surface area (Å²) >= 11 is 1.61. The number of hydrogen-bond donors (Lipinski definition) is 2. The highest BCUT2D eigenvalue weighted by Gasteiger charge is 2.32. The normalized spacial score (nSPS) is 26.0. The van der Waals surface area contributed by atoms with Crippen LogP contribution in [0.3, 0.4) is 0 Å². The first kappa shape index (κ1) is 21.9. The van der Waals surface area contributed by atoms with Crippen molar-refractivity contribution in [2.24, 2.45) is 13.0 Å². The fraction of sp³-hybridized carbons (Fsp3) is 0.565. The van der Waals surface area contributed by atoms with Crippen LogP contribution in [0.25, 0.3) is 10.9 Å². The van der Waals surface area contributed by atoms with Crippen molar-refractivity contribution in [3.05, 3.63) is 39.9 Å². The first-order valence-corrected chi connectivity index (χ1v) is 12.1. The fourth-order valence-electron chi connectivity index (χ4n) is 4.84. The topological polar surface area (TPSA) is 93.1 Å². The number of aromatic nitrogens is 2. The number of nitrogens with zero attached hydrogens (tertiary/aromatic N) is 2. The number of nitrogens with one attached hydrogen (secondary N) is 2. The molecule has 3 heterocycles. The lowest BCUT2D eigenvalue weighted by atomic mass is 9.74. The van der Waals surface area contributed by atoms with E-state index in [1.807, 2.05) is 25.3 Å². The summed E-state index contributed by atoms with van der Waals surface area (Å²) in [5.74, 6) is 1.15. The van der Waals surface area contributed by atoms with Crippen molar-refractivity contribution in [3.63, 3.8) is 0 Å². The molecular formula is C23H30N4O3S. The summed E-state index contributed by atoms with van der Waals surface area (Å²) in [5.41, 5.74) is 2.54. The fourth-order valence-corrected chi connectivity index (χ4v) is 6.00. The van der Waals surface area contributed by atoms with Crippen LogP contribution >= 0.6 is 11.8 Å². The van der Waals surface area contributed by atoms with Crippen LogP contribution in [0.1, 0.15) is 56.2 Å². The average molecular weight is 443 g/mol. The Kier molecular flexibility index (Phi) is 6.36. The third-order valence-corrected chi connectivity index (χ3v) is 8.04. The van der Waals surface area contributed by atoms with Gasteiger partial charge in [0.1, 0.15) is 0 Å². The number of imide groups is 1. The molecule has 31 heavy (non-hydrogen) atoms. The van der Waals surface area contributed by atoms with Crippen LogP contribution in [0.4, 0.5) is 4.79 Å². The number of hydrogen-bond acceptors (Lipinski definition) is 5. The maximum atomic E-state index is 13.2. The highest BCUT2D eigenvalue weighted by molar-refractivity contribution is 8.00. The quantitative estimate of drug-likeness (QED) is 0.761. The molecule has 1 saturated carbocycles. The average Bonchev–Trinajstić information content (AvgIpc) is 3.28. The summed E-state index contributed by atoms with van der Waals surface area (Å²) in [4.78, 5) is 42.2. The first-order valence-electron chi connectivity index (χ1n) is 11.0. The summed E-state index contributed by atoms with van der Waals surface area (Å²) in [5, 5.41) is 6.30. The third-order valence-electron chi connectivity index (χ3n) is 6.66. The summed E-state index contributed by atoms with van der Waals surface area (Å²) in [6.07, 6.45) is 6.09. The van der Waals surface area contributed by atoms with E-state index in [0.29, 0.717) is 12.3 Å². The van der Waals surface area contributed by atoms with Crippen molar-refractivity contribution in [2.45, 2.75) is 63.2 Å². The van der Waals surface area contributed by atoms with Gasteiger partial charge < -0.3 is 9.88 Å². The SMILES string of the molecule is Cc1cc2c(cn1)cc(C1CC(NC(=O)NC(=O)C3CCCS3)CCC1C)c(=O)n2C. The minimum Gasteiger partial charge on any atom is -0.335 e. The van der Waals surface area contributed by atoms with E-state index in [9.17, 15) is 14.4 Å². The van der Waals surface area contributed by atoms with Crippen LogP contribution in [0, 0.1) is 12.8 Å². The minimum atomic E-state index is -0.429. The van der Waals surface area contributed by atoms with Crippen molar-refractivity contribution < 1.29 is 9.59 Å². The lowest BCUT2D eigenvalue weighted by molar-refractivity contribution is -0.119. The number of thioether (sulfide) groups is 1. The van der Waals surface area contributed by atoms with E-state index in [4.69, 9.17) is 0 Å². The van der Waals surface area contributed by atoms with Crippen LogP contribution < -0.4 is 16.2 Å². The molecule has 1 aliphatic carbocycles. The van der Waals surface area contributed by atoms with E-state index in [-0.39, 0.29) is 28.7 Å². The van der Waals surface area contributed by atoms with Gasteiger partial charge in [-0.15, -0.1) is 11.8 Å². The molecule has 2 fully saturated rings. The molecule has 2 aliphatic rings. The first-order chi connectivity index (χ1) is 14.8. The largest absolute Gasteiger partial charge is 0.335 e. The van der Waals surface area contributed by atoms with Crippen molar-refractivity contribution >= 4 is 34.6 Å². The van der Waals surface area contributed by atoms with Crippen LogP contribution in [0.5, 0.6) is 0 Å². The molecule has 166 valence electrons. The van der Waals surface area contributed by atoms with Gasteiger partial charge in [-0.1, -0.05) is 6.92 Å². The van der Waals surface area contributed by atoms with E-state index < -0.39 is 6.03 Å². The standard InChI is InChI=1S/C23H30N4O3S/c1-13-6-7-16(25-23(30)26-21(28)20-5-4-8-31-20)11-17(13)18-10-15-12-24-14(2)9-19(15)27(3)22(18)29/h9-10,12-13,16-17,20H,4-8,11H2,1-3H3,(H2,25,26,28,30). The molecule has 1 saturated heterocycles. The molecule has 2 N–H and O–H groups in total. The van der Waals surface area contributed by atoms with Crippen molar-refractivity contribution in [3.8, 4) is 0 Å². The van der Waals surface area contributed by atoms with Crippen molar-refractivity contribution in [1.29, 1.82) is 0 Å². The number of carbonyl (C=O) groups excluding carboxylic acids is 2. The second-order valence-corrected chi connectivity index (χ2v) is 10.2. The highest BCUT2D eigenvalue weighted by atomic mass is 32.2. The Bertz CT molecular complexity index is 1060. The van der Waals surface area contributed by atoms with Crippen molar-refractivity contribution in [1.82, 2.24) is 20.2 Å². The number of urea groups is 1. The molecule has 7 nitrogen and oxygen atoms in total. The number of carbonyl (C=O) groups is 2. The van der Waals surface area contributed by atoms with E-state index in [2.05, 4.69) is 22.5 Å². The van der Waals surface area contributed by atoms with Gasteiger partial charge in [0.05, 0.1) is 10.8 Å². The maximum Gasteiger partial charge on any atom is 0.321 e. The molecule has 2 aromatic heterocycles. The van der Waals surface area contributed by atoms with E-state index in [0.717, 1.165) is 53.6 Å². The predicted molar refractivity (Wildman–Crippen MR) is 123 cm³/mol. The van der Waals surface area contributed by atoms with Crippen LogP contribution in [-0.4, -0.2) is 38.5 Å². The minimum absolute atomic E-state index is 0.00786. The number of fused-ring (bicyclic) bond motifs is 1. The van der Waals surface area contributed by atoms with Gasteiger partial charge in [-0.25, -0.2) is 4.79 Å². The molecule has 1 aliphatic heterocycles. The number of aryl methyl sites for hydroxylation is 2. The molecule has 3 amide bonds. The zero-order chi connectivity index (χ0) is 22.1. The summed E-state index contributed by atoms with van der Waals surface area (Å²) in [6.45, 7) is 4.08. The third kappa shape index (κ3) is 4.63. The molecule has 0 spiro atoms. The molecule has 0 aromatic carbocycles. The molecule has 2 aromatic rings. The second-order valence-electron chi connectivity index (χ2n) is 8.91. The Morgan fingerprint density at radius 1 is 1.23 bits per heavy atom. The molecule has 4 atom stereocenters. The lowest BCUT2D eigenvalue weighted by Crippen LogP contribution is -2.48. The summed E-state index contributed by atoms with van der Waals surface area (Å²) in [7, 11) is 1.80. The zero-order valence-electron chi connectivity index (χ0n) is 18.3. The molecule has 8 heteroatoms. The Morgan fingerprint density at radius 2 is 2.03 bits per heavy atom. The van der Waals surface area contributed by atoms with Crippen LogP contribution in [0.2, 0.25) is 0 Å². The van der Waals surface area contributed by atoms with Gasteiger partial charge in [-0.3, -0.25) is 19.9 Å². The Labute approximate surface area is 186 Å². The van der Waals surface area contributed by atoms with Gasteiger partial charge in [0.15, 0.2) is 0 Å². The molecular weight excluding hydrogens is 412 g/mol. The van der Waals surface area contributed by atoms with Crippen LogP contribution in [-0.2, 0) is 11.8 Å². The van der Waals surface area contributed by atoms with Gasteiger partial charge in [0.2, 0.25) is 5.91 Å². The monoisotopic (exact) mass is 442 g/mol. The highest BCUT2D eigenvalue weighted by Crippen LogP contribution is 2.37. The maximum absolute atomic E-state index is 13.2. The molecule has 0 radical (unpaired) electrons. The number of rotatable bonds is 3. The Balaban J connectivity index is 1.49. The van der Waals surface area contributed by atoms with E-state index in [1.54, 1.807) is 23.4 Å². The summed E-state index contributed by atoms with van der Waals surface area (Å²) < 4.78 is 1.70. The van der Waals surface area contributed by atoms with Gasteiger partial charge in [0, 0.05) is 35.9 Å². The number of amides is 3.